The van der Waals surface area contributed by atoms with Crippen molar-refractivity contribution in [1.82, 2.24) is 0 Å². The number of rotatable bonds is 3. The molecule has 1 aromatic rings. The van der Waals surface area contributed by atoms with E-state index in [2.05, 4.69) is 33.8 Å². The first-order valence-electron chi connectivity index (χ1n) is 8.24. The van der Waals surface area contributed by atoms with Crippen LogP contribution < -0.4 is 4.74 Å². The average Bonchev–Trinajstić information content (AvgIpc) is 2.71. The summed E-state index contributed by atoms with van der Waals surface area (Å²) in [4.78, 5) is 0. The fraction of sp³-hybridized carbons (Fsp3) is 0.556. The van der Waals surface area contributed by atoms with Gasteiger partial charge < -0.3 is 14.0 Å². The van der Waals surface area contributed by atoms with Gasteiger partial charge in [-0.1, -0.05) is 18.2 Å². The first kappa shape index (κ1) is 16.5. The Labute approximate surface area is 138 Å². The van der Waals surface area contributed by atoms with Gasteiger partial charge in [-0.05, 0) is 58.1 Å². The highest BCUT2D eigenvalue weighted by atomic mass is 19.1. The van der Waals surface area contributed by atoms with Crippen molar-refractivity contribution in [2.75, 3.05) is 0 Å². The number of allylic oxidation sites excluding steroid dienone is 1. The minimum absolute atomic E-state index is 0.00178. The molecule has 0 N–H and O–H groups in total. The van der Waals surface area contributed by atoms with Gasteiger partial charge in [-0.3, -0.25) is 0 Å². The third-order valence-electron chi connectivity index (χ3n) is 5.08. The van der Waals surface area contributed by atoms with E-state index < -0.39 is 0 Å². The van der Waals surface area contributed by atoms with E-state index in [1.807, 2.05) is 0 Å². The van der Waals surface area contributed by atoms with Crippen molar-refractivity contribution in [2.24, 2.45) is 0 Å². The first-order valence-corrected chi connectivity index (χ1v) is 8.24. The van der Waals surface area contributed by atoms with E-state index in [4.69, 9.17) is 14.0 Å². The Bertz CT molecular complexity index is 596. The molecule has 3 rings (SSSR count). The van der Waals surface area contributed by atoms with Crippen molar-refractivity contribution < 1.29 is 18.4 Å². The molecule has 1 heterocycles. The zero-order valence-electron chi connectivity index (χ0n) is 14.3. The first-order chi connectivity index (χ1) is 10.8. The monoisotopic (exact) mass is 318 g/mol. The second-order valence-corrected chi connectivity index (χ2v) is 7.31. The quantitative estimate of drug-likeness (QED) is 0.777. The molecule has 1 atom stereocenters. The van der Waals surface area contributed by atoms with Crippen LogP contribution in [0.2, 0.25) is 0 Å². The fourth-order valence-electron chi connectivity index (χ4n) is 2.87. The molecule has 1 aromatic carbocycles. The Kier molecular flexibility index (Phi) is 4.28. The van der Waals surface area contributed by atoms with E-state index in [-0.39, 0.29) is 30.2 Å². The summed E-state index contributed by atoms with van der Waals surface area (Å²) in [6.45, 7) is 8.22. The SMILES string of the molecule is CC1(C)OB(C2=CCC(Oc3ccccc3F)CC2)OC1(C)C. The normalized spacial score (nSPS) is 26.0. The van der Waals surface area contributed by atoms with Gasteiger partial charge in [0.05, 0.1) is 11.2 Å². The molecule has 124 valence electrons. The van der Waals surface area contributed by atoms with Gasteiger partial charge in [-0.15, -0.1) is 0 Å². The lowest BCUT2D eigenvalue weighted by molar-refractivity contribution is 0.00578. The number of ether oxygens (including phenoxy) is 1. The summed E-state index contributed by atoms with van der Waals surface area (Å²) in [6.07, 6.45) is 4.54. The van der Waals surface area contributed by atoms with Crippen LogP contribution in [0.5, 0.6) is 5.75 Å². The van der Waals surface area contributed by atoms with Crippen molar-refractivity contribution >= 4 is 7.12 Å². The third kappa shape index (κ3) is 3.31. The summed E-state index contributed by atoms with van der Waals surface area (Å²) in [5.74, 6) is 0.0122. The predicted octanol–water partition coefficient (Wildman–Crippen LogP) is 4.31. The lowest BCUT2D eigenvalue weighted by Gasteiger charge is -2.32. The molecule has 2 aliphatic rings. The summed E-state index contributed by atoms with van der Waals surface area (Å²) in [5, 5.41) is 0. The molecule has 0 bridgehead atoms. The van der Waals surface area contributed by atoms with Crippen LogP contribution in [0, 0.1) is 5.82 Å². The summed E-state index contributed by atoms with van der Waals surface area (Å²) < 4.78 is 31.6. The van der Waals surface area contributed by atoms with Gasteiger partial charge in [-0.25, -0.2) is 4.39 Å². The molecule has 1 aliphatic carbocycles. The van der Waals surface area contributed by atoms with E-state index in [0.717, 1.165) is 24.7 Å². The minimum Gasteiger partial charge on any atom is -0.487 e. The molecule has 0 saturated carbocycles. The van der Waals surface area contributed by atoms with E-state index in [1.54, 1.807) is 18.2 Å². The van der Waals surface area contributed by atoms with Gasteiger partial charge in [-0.2, -0.15) is 0 Å². The van der Waals surface area contributed by atoms with Crippen LogP contribution in [-0.4, -0.2) is 24.4 Å². The topological polar surface area (TPSA) is 27.7 Å². The second kappa shape index (κ2) is 5.95. The lowest BCUT2D eigenvalue weighted by Crippen LogP contribution is -2.41. The molecule has 23 heavy (non-hydrogen) atoms. The molecule has 0 radical (unpaired) electrons. The van der Waals surface area contributed by atoms with Gasteiger partial charge in [0.25, 0.3) is 0 Å². The number of para-hydroxylation sites is 1. The van der Waals surface area contributed by atoms with Gasteiger partial charge in [0.1, 0.15) is 6.10 Å². The van der Waals surface area contributed by atoms with Crippen LogP contribution >= 0.6 is 0 Å². The van der Waals surface area contributed by atoms with Crippen molar-refractivity contribution in [1.29, 1.82) is 0 Å². The highest BCUT2D eigenvalue weighted by Gasteiger charge is 2.52. The van der Waals surface area contributed by atoms with Crippen LogP contribution in [0.1, 0.15) is 47.0 Å². The maximum atomic E-state index is 13.7. The van der Waals surface area contributed by atoms with Crippen LogP contribution in [0.3, 0.4) is 0 Å². The Morgan fingerprint density at radius 1 is 1.13 bits per heavy atom. The summed E-state index contributed by atoms with van der Waals surface area (Å²) in [7, 11) is -0.283. The number of hydrogen-bond acceptors (Lipinski definition) is 3. The van der Waals surface area contributed by atoms with Gasteiger partial charge in [0, 0.05) is 6.42 Å². The summed E-state index contributed by atoms with van der Waals surface area (Å²) in [6, 6.07) is 6.54. The number of benzene rings is 1. The third-order valence-corrected chi connectivity index (χ3v) is 5.08. The van der Waals surface area contributed by atoms with Crippen LogP contribution in [-0.2, 0) is 9.31 Å². The van der Waals surface area contributed by atoms with Crippen molar-refractivity contribution in [3.05, 3.63) is 41.6 Å². The molecule has 1 aliphatic heterocycles. The van der Waals surface area contributed by atoms with Crippen molar-refractivity contribution in [3.8, 4) is 5.75 Å². The molecular formula is C18H24BFO3. The van der Waals surface area contributed by atoms with Gasteiger partial charge >= 0.3 is 7.12 Å². The van der Waals surface area contributed by atoms with E-state index in [9.17, 15) is 4.39 Å². The van der Waals surface area contributed by atoms with Gasteiger partial charge in [0.15, 0.2) is 11.6 Å². The molecule has 3 nitrogen and oxygen atoms in total. The smallest absolute Gasteiger partial charge is 0.487 e. The van der Waals surface area contributed by atoms with E-state index >= 15 is 0 Å². The number of hydrogen-bond donors (Lipinski definition) is 0. The average molecular weight is 318 g/mol. The molecule has 1 fully saturated rings. The fourth-order valence-corrected chi connectivity index (χ4v) is 2.87. The molecular weight excluding hydrogens is 294 g/mol. The van der Waals surface area contributed by atoms with Crippen LogP contribution in [0.15, 0.2) is 35.8 Å². The lowest BCUT2D eigenvalue weighted by atomic mass is 9.72. The van der Waals surface area contributed by atoms with Crippen molar-refractivity contribution in [3.63, 3.8) is 0 Å². The second-order valence-electron chi connectivity index (χ2n) is 7.31. The Hall–Kier alpha value is -1.33. The summed E-state index contributed by atoms with van der Waals surface area (Å²) >= 11 is 0. The Morgan fingerprint density at radius 2 is 1.78 bits per heavy atom. The molecule has 0 spiro atoms. The maximum Gasteiger partial charge on any atom is 0.490 e. The van der Waals surface area contributed by atoms with Gasteiger partial charge in [0.2, 0.25) is 0 Å². The zero-order valence-corrected chi connectivity index (χ0v) is 14.3. The van der Waals surface area contributed by atoms with E-state index in [0.29, 0.717) is 5.75 Å². The summed E-state index contributed by atoms with van der Waals surface area (Å²) in [5.41, 5.74) is 0.523. The Balaban J connectivity index is 1.62. The largest absolute Gasteiger partial charge is 0.490 e. The minimum atomic E-state index is -0.320. The highest BCUT2D eigenvalue weighted by molar-refractivity contribution is 6.54. The molecule has 1 unspecified atom stereocenters. The highest BCUT2D eigenvalue weighted by Crippen LogP contribution is 2.40. The molecule has 1 saturated heterocycles. The Morgan fingerprint density at radius 3 is 2.35 bits per heavy atom. The van der Waals surface area contributed by atoms with Crippen molar-refractivity contribution in [2.45, 2.75) is 64.3 Å². The predicted molar refractivity (Wildman–Crippen MR) is 88.8 cm³/mol. The number of halogens is 1. The maximum absolute atomic E-state index is 13.7. The standard InChI is InChI=1S/C18H24BFO3/c1-17(2)18(3,4)23-19(22-17)13-9-11-14(12-10-13)21-16-8-6-5-7-15(16)20/h5-9,14H,10-12H2,1-4H3. The molecule has 0 amide bonds. The molecule has 0 aromatic heterocycles. The molecule has 5 heteroatoms. The van der Waals surface area contributed by atoms with Crippen LogP contribution in [0.4, 0.5) is 4.39 Å². The van der Waals surface area contributed by atoms with E-state index in [1.165, 1.54) is 6.07 Å². The van der Waals surface area contributed by atoms with Crippen LogP contribution in [0.25, 0.3) is 0 Å². The zero-order chi connectivity index (χ0) is 16.7.